The Hall–Kier alpha value is -2.04. The maximum atomic E-state index is 6.47. The van der Waals surface area contributed by atoms with Crippen LogP contribution in [0, 0.1) is 0 Å². The maximum absolute atomic E-state index is 6.47. The van der Waals surface area contributed by atoms with Crippen molar-refractivity contribution in [1.82, 2.24) is 14.9 Å². The van der Waals surface area contributed by atoms with Gasteiger partial charge in [-0.1, -0.05) is 70.0 Å². The summed E-state index contributed by atoms with van der Waals surface area (Å²) in [6.45, 7) is 1.54. The van der Waals surface area contributed by atoms with Gasteiger partial charge in [-0.15, -0.1) is 0 Å². The first-order valence-electron chi connectivity index (χ1n) is 7.69. The molecule has 0 atom stereocenters. The minimum Gasteiger partial charge on any atom is -0.366 e. The van der Waals surface area contributed by atoms with Gasteiger partial charge in [0, 0.05) is 22.8 Å². The Kier molecular flexibility index (Phi) is 4.17. The average Bonchev–Trinajstić information content (AvgIpc) is 3.03. The summed E-state index contributed by atoms with van der Waals surface area (Å²) in [5.41, 5.74) is 4.21. The van der Waals surface area contributed by atoms with Crippen LogP contribution in [0.25, 0.3) is 16.4 Å². The number of nitrogens with one attached hydrogen (secondary N) is 1. The normalized spacial score (nSPS) is 13.6. The molecule has 3 aromatic rings. The molecule has 1 aliphatic heterocycles. The molecule has 0 bridgehead atoms. The van der Waals surface area contributed by atoms with Crippen LogP contribution in [0.1, 0.15) is 17.0 Å². The third kappa shape index (κ3) is 3.12. The Bertz CT molecular complexity index is 885. The molecule has 0 aliphatic carbocycles. The number of aromatic amines is 1. The summed E-state index contributed by atoms with van der Waals surface area (Å²) in [6.07, 6.45) is 1.99. The van der Waals surface area contributed by atoms with Crippen molar-refractivity contribution < 1.29 is 0 Å². The van der Waals surface area contributed by atoms with Crippen LogP contribution >= 0.6 is 27.5 Å². The molecule has 0 saturated carbocycles. The number of benzene rings is 2. The van der Waals surface area contributed by atoms with Gasteiger partial charge >= 0.3 is 0 Å². The lowest BCUT2D eigenvalue weighted by Crippen LogP contribution is -2.20. The third-order valence-electron chi connectivity index (χ3n) is 4.01. The van der Waals surface area contributed by atoms with Crippen molar-refractivity contribution in [3.8, 4) is 11.4 Å². The van der Waals surface area contributed by atoms with Gasteiger partial charge in [-0.25, -0.2) is 4.98 Å². The van der Waals surface area contributed by atoms with Crippen molar-refractivity contribution in [2.45, 2.75) is 13.1 Å². The van der Waals surface area contributed by atoms with E-state index in [0.717, 1.165) is 40.3 Å². The molecule has 1 aliphatic rings. The SMILES string of the molecule is ClC1=CN(Cc2ccc(Br)cc2)Cc2nc(-c3ccccc3)[nH]c21. The van der Waals surface area contributed by atoms with Crippen molar-refractivity contribution >= 4 is 32.6 Å². The van der Waals surface area contributed by atoms with Crippen molar-refractivity contribution in [2.75, 3.05) is 0 Å². The molecule has 0 fully saturated rings. The fourth-order valence-electron chi connectivity index (χ4n) is 2.84. The Morgan fingerprint density at radius 1 is 1.08 bits per heavy atom. The second kappa shape index (κ2) is 6.46. The van der Waals surface area contributed by atoms with Crippen LogP contribution in [0.3, 0.4) is 0 Å². The van der Waals surface area contributed by atoms with E-state index in [2.05, 4.69) is 50.1 Å². The van der Waals surface area contributed by atoms with E-state index < -0.39 is 0 Å². The molecule has 0 amide bonds. The highest BCUT2D eigenvalue weighted by molar-refractivity contribution is 9.10. The molecule has 4 rings (SSSR count). The van der Waals surface area contributed by atoms with Gasteiger partial charge in [0.2, 0.25) is 0 Å². The maximum Gasteiger partial charge on any atom is 0.138 e. The van der Waals surface area contributed by atoms with E-state index in [9.17, 15) is 0 Å². The van der Waals surface area contributed by atoms with Crippen LogP contribution in [0.5, 0.6) is 0 Å². The van der Waals surface area contributed by atoms with Crippen molar-refractivity contribution in [3.63, 3.8) is 0 Å². The molecule has 1 aromatic heterocycles. The summed E-state index contributed by atoms with van der Waals surface area (Å²) in [4.78, 5) is 10.3. The van der Waals surface area contributed by atoms with Gasteiger partial charge in [-0.2, -0.15) is 0 Å². The lowest BCUT2D eigenvalue weighted by Gasteiger charge is -2.24. The number of nitrogens with zero attached hydrogens (tertiary/aromatic N) is 2. The highest BCUT2D eigenvalue weighted by atomic mass is 79.9. The predicted molar refractivity (Wildman–Crippen MR) is 101 cm³/mol. The van der Waals surface area contributed by atoms with Gasteiger partial charge in [-0.3, -0.25) is 0 Å². The summed E-state index contributed by atoms with van der Waals surface area (Å²) in [7, 11) is 0. The van der Waals surface area contributed by atoms with Crippen molar-refractivity contribution in [3.05, 3.63) is 82.2 Å². The highest BCUT2D eigenvalue weighted by Crippen LogP contribution is 2.31. The van der Waals surface area contributed by atoms with E-state index in [4.69, 9.17) is 16.6 Å². The molecule has 3 nitrogen and oxygen atoms in total. The zero-order chi connectivity index (χ0) is 16.5. The van der Waals surface area contributed by atoms with Crippen LogP contribution in [0.15, 0.2) is 65.3 Å². The van der Waals surface area contributed by atoms with Gasteiger partial charge in [-0.05, 0) is 17.7 Å². The van der Waals surface area contributed by atoms with E-state index in [1.165, 1.54) is 5.56 Å². The number of fused-ring (bicyclic) bond motifs is 1. The molecule has 5 heteroatoms. The number of halogens is 2. The fourth-order valence-corrected chi connectivity index (χ4v) is 3.40. The highest BCUT2D eigenvalue weighted by Gasteiger charge is 2.21. The molecule has 2 aromatic carbocycles. The number of H-pyrrole nitrogens is 1. The first-order chi connectivity index (χ1) is 11.7. The largest absolute Gasteiger partial charge is 0.366 e. The summed E-state index contributed by atoms with van der Waals surface area (Å²) >= 11 is 9.94. The minimum absolute atomic E-state index is 0.697. The molecule has 0 spiro atoms. The minimum atomic E-state index is 0.697. The first-order valence-corrected chi connectivity index (χ1v) is 8.86. The van der Waals surface area contributed by atoms with Crippen LogP contribution in [-0.4, -0.2) is 14.9 Å². The van der Waals surface area contributed by atoms with Gasteiger partial charge < -0.3 is 9.88 Å². The monoisotopic (exact) mass is 399 g/mol. The lowest BCUT2D eigenvalue weighted by molar-refractivity contribution is 0.354. The Morgan fingerprint density at radius 2 is 1.83 bits per heavy atom. The second-order valence-corrected chi connectivity index (χ2v) is 7.10. The standard InChI is InChI=1S/C19H15BrClN3/c20-15-8-6-13(7-9-15)10-24-11-16(21)18-17(12-24)22-19(23-18)14-4-2-1-3-5-14/h1-9,11H,10,12H2,(H,22,23). The van der Waals surface area contributed by atoms with Gasteiger partial charge in [0.25, 0.3) is 0 Å². The molecule has 120 valence electrons. The predicted octanol–water partition coefficient (Wildman–Crippen LogP) is 5.39. The molecule has 0 unspecified atom stereocenters. The molecule has 0 radical (unpaired) electrons. The number of hydrogen-bond donors (Lipinski definition) is 1. The van der Waals surface area contributed by atoms with Crippen LogP contribution in [0.2, 0.25) is 0 Å². The summed E-state index contributed by atoms with van der Waals surface area (Å²) in [6, 6.07) is 18.4. The molecule has 2 heterocycles. The smallest absolute Gasteiger partial charge is 0.138 e. The summed E-state index contributed by atoms with van der Waals surface area (Å²) in [5.74, 6) is 0.859. The summed E-state index contributed by atoms with van der Waals surface area (Å²) < 4.78 is 1.08. The molecule has 0 saturated heterocycles. The number of rotatable bonds is 3. The Morgan fingerprint density at radius 3 is 2.58 bits per heavy atom. The fraction of sp³-hybridized carbons (Fsp3) is 0.105. The number of aromatic nitrogens is 2. The quantitative estimate of drug-likeness (QED) is 0.639. The van der Waals surface area contributed by atoms with Crippen LogP contribution < -0.4 is 0 Å². The van der Waals surface area contributed by atoms with Gasteiger partial charge in [0.05, 0.1) is 23.0 Å². The second-order valence-electron chi connectivity index (χ2n) is 5.78. The van der Waals surface area contributed by atoms with E-state index >= 15 is 0 Å². The first kappa shape index (κ1) is 15.5. The molecule has 1 N–H and O–H groups in total. The lowest BCUT2D eigenvalue weighted by atomic mass is 10.2. The topological polar surface area (TPSA) is 31.9 Å². The van der Waals surface area contributed by atoms with E-state index in [1.807, 2.05) is 36.5 Å². The molecule has 24 heavy (non-hydrogen) atoms. The molecular formula is C19H15BrClN3. The average molecular weight is 401 g/mol. The van der Waals surface area contributed by atoms with E-state index in [0.29, 0.717) is 5.03 Å². The van der Waals surface area contributed by atoms with Crippen LogP contribution in [-0.2, 0) is 13.1 Å². The molecular weight excluding hydrogens is 386 g/mol. The van der Waals surface area contributed by atoms with Crippen molar-refractivity contribution in [1.29, 1.82) is 0 Å². The van der Waals surface area contributed by atoms with Gasteiger partial charge in [0.1, 0.15) is 5.82 Å². The zero-order valence-corrected chi connectivity index (χ0v) is 15.2. The third-order valence-corrected chi connectivity index (χ3v) is 4.83. The van der Waals surface area contributed by atoms with Crippen LogP contribution in [0.4, 0.5) is 0 Å². The Balaban J connectivity index is 1.59. The summed E-state index contributed by atoms with van der Waals surface area (Å²) in [5, 5.41) is 0.697. The van der Waals surface area contributed by atoms with Gasteiger partial charge in [0.15, 0.2) is 0 Å². The van der Waals surface area contributed by atoms with E-state index in [-0.39, 0.29) is 0 Å². The van der Waals surface area contributed by atoms with E-state index in [1.54, 1.807) is 0 Å². The van der Waals surface area contributed by atoms with Crippen molar-refractivity contribution in [2.24, 2.45) is 0 Å². The number of hydrogen-bond acceptors (Lipinski definition) is 2. The Labute approximate surface area is 154 Å². The number of imidazole rings is 1. The zero-order valence-electron chi connectivity index (χ0n) is 12.8.